The van der Waals surface area contributed by atoms with E-state index in [2.05, 4.69) is 27.7 Å². The van der Waals surface area contributed by atoms with Crippen LogP contribution in [0.5, 0.6) is 0 Å². The molecule has 2 heterocycles. The maximum Gasteiger partial charge on any atom is 0.331 e. The summed E-state index contributed by atoms with van der Waals surface area (Å²) in [5.41, 5.74) is 0.992. The van der Waals surface area contributed by atoms with E-state index in [4.69, 9.17) is 9.47 Å². The van der Waals surface area contributed by atoms with E-state index >= 15 is 0 Å². The van der Waals surface area contributed by atoms with E-state index in [9.17, 15) is 4.79 Å². The van der Waals surface area contributed by atoms with Crippen LogP contribution in [0.25, 0.3) is 6.08 Å². The first kappa shape index (κ1) is 18.7. The predicted octanol–water partition coefficient (Wildman–Crippen LogP) is 5.25. The fraction of sp³-hybridized carbons (Fsp3) is 0.625. The van der Waals surface area contributed by atoms with E-state index in [1.54, 1.807) is 6.08 Å². The Morgan fingerprint density at radius 1 is 1.19 bits per heavy atom. The Bertz CT molecular complexity index is 724. The molecule has 2 bridgehead atoms. The molecular formula is C24H32O3. The number of rotatable bonds is 4. The van der Waals surface area contributed by atoms with Gasteiger partial charge in [-0.25, -0.2) is 4.79 Å². The third-order valence-corrected chi connectivity index (χ3v) is 7.51. The van der Waals surface area contributed by atoms with Crippen molar-refractivity contribution in [2.75, 3.05) is 0 Å². The van der Waals surface area contributed by atoms with Crippen LogP contribution in [0.15, 0.2) is 36.4 Å². The molecule has 4 rings (SSSR count). The van der Waals surface area contributed by atoms with Gasteiger partial charge < -0.3 is 9.47 Å². The van der Waals surface area contributed by atoms with Gasteiger partial charge in [-0.3, -0.25) is 0 Å². The van der Waals surface area contributed by atoms with E-state index in [-0.39, 0.29) is 23.1 Å². The van der Waals surface area contributed by atoms with Gasteiger partial charge in [-0.1, -0.05) is 51.1 Å². The Balaban J connectivity index is 1.57. The molecule has 0 unspecified atom stereocenters. The highest BCUT2D eigenvalue weighted by atomic mass is 16.6. The minimum atomic E-state index is -0.231. The molecule has 1 aromatic carbocycles. The second-order valence-corrected chi connectivity index (χ2v) is 9.53. The summed E-state index contributed by atoms with van der Waals surface area (Å²) in [7, 11) is 0. The molecule has 2 aliphatic heterocycles. The fourth-order valence-corrected chi connectivity index (χ4v) is 6.15. The topological polar surface area (TPSA) is 35.5 Å². The Hall–Kier alpha value is -1.61. The lowest BCUT2D eigenvalue weighted by atomic mass is 9.53. The van der Waals surface area contributed by atoms with Gasteiger partial charge in [0.2, 0.25) is 0 Å². The quantitative estimate of drug-likeness (QED) is 0.538. The lowest BCUT2D eigenvalue weighted by molar-refractivity contribution is -0.166. The van der Waals surface area contributed by atoms with Crippen molar-refractivity contribution in [2.45, 2.75) is 71.2 Å². The number of benzene rings is 1. The minimum Gasteiger partial charge on any atom is -0.458 e. The van der Waals surface area contributed by atoms with Gasteiger partial charge in [0.1, 0.15) is 6.10 Å². The highest BCUT2D eigenvalue weighted by molar-refractivity contribution is 5.87. The maximum absolute atomic E-state index is 12.7. The van der Waals surface area contributed by atoms with Crippen molar-refractivity contribution in [3.05, 3.63) is 42.0 Å². The average molecular weight is 369 g/mol. The molecule has 3 fully saturated rings. The Labute approximate surface area is 163 Å². The Kier molecular flexibility index (Phi) is 4.70. The zero-order chi connectivity index (χ0) is 19.2. The van der Waals surface area contributed by atoms with Crippen LogP contribution in [0.3, 0.4) is 0 Å². The zero-order valence-corrected chi connectivity index (χ0v) is 17.0. The summed E-state index contributed by atoms with van der Waals surface area (Å²) < 4.78 is 12.6. The molecule has 146 valence electrons. The van der Waals surface area contributed by atoms with Crippen molar-refractivity contribution in [1.82, 2.24) is 0 Å². The van der Waals surface area contributed by atoms with Gasteiger partial charge in [0.05, 0.1) is 11.7 Å². The van der Waals surface area contributed by atoms with Gasteiger partial charge in [-0.2, -0.15) is 0 Å². The number of carbonyl (C=O) groups excluding carboxylic acids is 1. The highest BCUT2D eigenvalue weighted by Crippen LogP contribution is 2.65. The lowest BCUT2D eigenvalue weighted by Crippen LogP contribution is -2.56. The number of ether oxygens (including phenoxy) is 2. The zero-order valence-electron chi connectivity index (χ0n) is 17.0. The van der Waals surface area contributed by atoms with Crippen LogP contribution in [-0.4, -0.2) is 23.8 Å². The summed E-state index contributed by atoms with van der Waals surface area (Å²) in [6.45, 7) is 9.12. The van der Waals surface area contributed by atoms with Crippen molar-refractivity contribution >= 4 is 12.0 Å². The molecule has 0 aromatic heterocycles. The molecule has 27 heavy (non-hydrogen) atoms. The summed E-state index contributed by atoms with van der Waals surface area (Å²) >= 11 is 0. The van der Waals surface area contributed by atoms with Crippen LogP contribution in [0.1, 0.15) is 58.9 Å². The third kappa shape index (κ3) is 3.14. The van der Waals surface area contributed by atoms with Gasteiger partial charge in [-0.15, -0.1) is 0 Å². The van der Waals surface area contributed by atoms with Crippen LogP contribution in [0.4, 0.5) is 0 Å². The van der Waals surface area contributed by atoms with Gasteiger partial charge >= 0.3 is 5.97 Å². The largest absolute Gasteiger partial charge is 0.458 e. The first-order valence-corrected chi connectivity index (χ1v) is 10.4. The summed E-state index contributed by atoms with van der Waals surface area (Å²) in [4.78, 5) is 12.7. The highest BCUT2D eigenvalue weighted by Gasteiger charge is 2.68. The molecule has 1 aliphatic carbocycles. The predicted molar refractivity (Wildman–Crippen MR) is 107 cm³/mol. The molecule has 0 radical (unpaired) electrons. The Morgan fingerprint density at radius 2 is 1.93 bits per heavy atom. The first-order chi connectivity index (χ1) is 12.8. The molecule has 1 aromatic rings. The number of hydrogen-bond donors (Lipinski definition) is 0. The van der Waals surface area contributed by atoms with Crippen molar-refractivity contribution in [3.63, 3.8) is 0 Å². The van der Waals surface area contributed by atoms with Gasteiger partial charge in [0.15, 0.2) is 0 Å². The van der Waals surface area contributed by atoms with Crippen molar-refractivity contribution in [2.24, 2.45) is 23.2 Å². The summed E-state index contributed by atoms with van der Waals surface area (Å²) in [5, 5.41) is 0. The van der Waals surface area contributed by atoms with Crippen LogP contribution < -0.4 is 0 Å². The fourth-order valence-electron chi connectivity index (χ4n) is 6.15. The van der Waals surface area contributed by atoms with Crippen molar-refractivity contribution in [1.29, 1.82) is 0 Å². The average Bonchev–Trinajstić information content (AvgIpc) is 3.13. The molecule has 3 aliphatic rings. The Morgan fingerprint density at radius 3 is 2.63 bits per heavy atom. The van der Waals surface area contributed by atoms with E-state index in [1.165, 1.54) is 6.42 Å². The van der Waals surface area contributed by atoms with E-state index in [1.807, 2.05) is 36.4 Å². The molecule has 2 saturated heterocycles. The monoisotopic (exact) mass is 368 g/mol. The SMILES string of the molecule is CC(C)[C@@H]1CC[C@@]2(C)[C@H]3CC[C@](C)(O3)[C@H]2[C@@H]1OC(=O)/C=C/c1ccccc1. The van der Waals surface area contributed by atoms with Crippen LogP contribution in [-0.2, 0) is 14.3 Å². The van der Waals surface area contributed by atoms with E-state index in [0.29, 0.717) is 23.9 Å². The molecule has 1 saturated carbocycles. The molecule has 3 heteroatoms. The van der Waals surface area contributed by atoms with Crippen molar-refractivity contribution < 1.29 is 14.3 Å². The molecule has 0 amide bonds. The number of hydrogen-bond acceptors (Lipinski definition) is 3. The smallest absolute Gasteiger partial charge is 0.331 e. The molecule has 6 atom stereocenters. The van der Waals surface area contributed by atoms with Gasteiger partial charge in [-0.05, 0) is 56.1 Å². The maximum atomic E-state index is 12.7. The second-order valence-electron chi connectivity index (χ2n) is 9.53. The number of fused-ring (bicyclic) bond motifs is 5. The molecule has 3 nitrogen and oxygen atoms in total. The van der Waals surface area contributed by atoms with Gasteiger partial charge in [0, 0.05) is 17.4 Å². The van der Waals surface area contributed by atoms with E-state index in [0.717, 1.165) is 24.8 Å². The summed E-state index contributed by atoms with van der Waals surface area (Å²) in [5.74, 6) is 0.953. The standard InChI is InChI=1S/C24H32O3/c1-16(2)18-12-14-23(3)19-13-15-24(4,27-19)22(23)21(18)26-20(25)11-10-17-8-6-5-7-9-17/h5-11,16,18-19,21-22H,12-15H2,1-4H3/b11-10+/t18-,19+,21+,22-,23-,24-/m0/s1. The third-order valence-electron chi connectivity index (χ3n) is 7.51. The lowest BCUT2D eigenvalue weighted by Gasteiger charge is -2.52. The van der Waals surface area contributed by atoms with Crippen LogP contribution in [0.2, 0.25) is 0 Å². The van der Waals surface area contributed by atoms with Gasteiger partial charge in [0.25, 0.3) is 0 Å². The minimum absolute atomic E-state index is 0.0630. The molecular weight excluding hydrogens is 336 g/mol. The van der Waals surface area contributed by atoms with Crippen LogP contribution in [0, 0.1) is 23.2 Å². The first-order valence-electron chi connectivity index (χ1n) is 10.4. The summed E-state index contributed by atoms with van der Waals surface area (Å²) in [6, 6.07) is 9.90. The number of carbonyl (C=O) groups is 1. The number of esters is 1. The second kappa shape index (κ2) is 6.77. The van der Waals surface area contributed by atoms with Crippen LogP contribution >= 0.6 is 0 Å². The molecule has 0 N–H and O–H groups in total. The van der Waals surface area contributed by atoms with Crippen molar-refractivity contribution in [3.8, 4) is 0 Å². The summed E-state index contributed by atoms with van der Waals surface area (Å²) in [6.07, 6.45) is 8.19. The normalized spacial score (nSPS) is 40.5. The molecule has 0 spiro atoms. The van der Waals surface area contributed by atoms with E-state index < -0.39 is 0 Å².